The van der Waals surface area contributed by atoms with Gasteiger partial charge in [-0.3, -0.25) is 4.68 Å². The Balaban J connectivity index is 1.95. The Bertz CT molecular complexity index is 323. The molecule has 1 rings (SSSR count). The number of nitrogens with zero attached hydrogens (tertiary/aromatic N) is 2. The third-order valence-electron chi connectivity index (χ3n) is 2.95. The molecule has 0 aliphatic rings. The maximum absolute atomic E-state index is 5.68. The van der Waals surface area contributed by atoms with Crippen LogP contribution in [0.3, 0.4) is 0 Å². The van der Waals surface area contributed by atoms with E-state index < -0.39 is 0 Å². The second-order valence-electron chi connectivity index (χ2n) is 5.31. The Hall–Kier alpha value is -1.03. The highest BCUT2D eigenvalue weighted by Gasteiger charge is 1.98. The van der Waals surface area contributed by atoms with Crippen molar-refractivity contribution in [3.8, 4) is 5.75 Å². The molecule has 0 aliphatic carbocycles. The first kappa shape index (κ1) is 16.0. The summed E-state index contributed by atoms with van der Waals surface area (Å²) in [4.78, 5) is 0. The van der Waals surface area contributed by atoms with Crippen LogP contribution in [0.2, 0.25) is 0 Å². The number of ether oxygens (including phenoxy) is 1. The van der Waals surface area contributed by atoms with Gasteiger partial charge in [0.1, 0.15) is 0 Å². The molecular weight excluding hydrogens is 238 g/mol. The van der Waals surface area contributed by atoms with Gasteiger partial charge in [0.2, 0.25) is 0 Å². The highest BCUT2D eigenvalue weighted by Crippen LogP contribution is 2.09. The fraction of sp³-hybridized carbons (Fsp3) is 0.800. The van der Waals surface area contributed by atoms with Crippen molar-refractivity contribution < 1.29 is 4.74 Å². The Morgan fingerprint density at radius 2 is 2.05 bits per heavy atom. The SMILES string of the molecule is CCCn1cc(OCCCCCCNC(C)C)cn1. The lowest BCUT2D eigenvalue weighted by Crippen LogP contribution is -2.23. The second-order valence-corrected chi connectivity index (χ2v) is 5.31. The van der Waals surface area contributed by atoms with Crippen molar-refractivity contribution in [2.24, 2.45) is 0 Å². The van der Waals surface area contributed by atoms with Gasteiger partial charge in [-0.2, -0.15) is 5.10 Å². The number of aryl methyl sites for hydroxylation is 1. The van der Waals surface area contributed by atoms with E-state index in [2.05, 4.69) is 31.2 Å². The molecule has 0 saturated heterocycles. The van der Waals surface area contributed by atoms with E-state index in [0.29, 0.717) is 6.04 Å². The average molecular weight is 267 g/mol. The molecule has 0 unspecified atom stereocenters. The fourth-order valence-corrected chi connectivity index (χ4v) is 1.93. The van der Waals surface area contributed by atoms with Crippen LogP contribution in [0.4, 0.5) is 0 Å². The smallest absolute Gasteiger partial charge is 0.157 e. The first-order valence-corrected chi connectivity index (χ1v) is 7.61. The van der Waals surface area contributed by atoms with E-state index >= 15 is 0 Å². The minimum absolute atomic E-state index is 0.600. The number of unbranched alkanes of at least 4 members (excludes halogenated alkanes) is 3. The topological polar surface area (TPSA) is 39.1 Å². The lowest BCUT2D eigenvalue weighted by molar-refractivity contribution is 0.304. The Kier molecular flexibility index (Phi) is 8.30. The van der Waals surface area contributed by atoms with Crippen LogP contribution < -0.4 is 10.1 Å². The molecule has 4 heteroatoms. The Morgan fingerprint density at radius 3 is 2.79 bits per heavy atom. The van der Waals surface area contributed by atoms with Gasteiger partial charge in [-0.15, -0.1) is 0 Å². The van der Waals surface area contributed by atoms with Crippen LogP contribution in [-0.2, 0) is 6.54 Å². The molecule has 4 nitrogen and oxygen atoms in total. The predicted molar refractivity (Wildman–Crippen MR) is 79.6 cm³/mol. The Labute approximate surface area is 117 Å². The van der Waals surface area contributed by atoms with E-state index in [1.807, 2.05) is 17.1 Å². The van der Waals surface area contributed by atoms with E-state index in [1.165, 1.54) is 19.3 Å². The predicted octanol–water partition coefficient (Wildman–Crippen LogP) is 3.23. The van der Waals surface area contributed by atoms with Gasteiger partial charge in [0.25, 0.3) is 0 Å². The Morgan fingerprint density at radius 1 is 1.26 bits per heavy atom. The minimum Gasteiger partial charge on any atom is -0.490 e. The number of aromatic nitrogens is 2. The summed E-state index contributed by atoms with van der Waals surface area (Å²) in [5.41, 5.74) is 0. The number of hydrogen-bond donors (Lipinski definition) is 1. The van der Waals surface area contributed by atoms with Crippen LogP contribution in [0.5, 0.6) is 5.75 Å². The van der Waals surface area contributed by atoms with Crippen molar-refractivity contribution in [2.45, 2.75) is 65.5 Å². The van der Waals surface area contributed by atoms with Crippen LogP contribution in [0.15, 0.2) is 12.4 Å². The van der Waals surface area contributed by atoms with E-state index in [0.717, 1.165) is 38.3 Å². The highest BCUT2D eigenvalue weighted by molar-refractivity contribution is 5.11. The molecule has 0 atom stereocenters. The van der Waals surface area contributed by atoms with Gasteiger partial charge in [-0.1, -0.05) is 33.6 Å². The third kappa shape index (κ3) is 7.88. The van der Waals surface area contributed by atoms with Crippen molar-refractivity contribution in [1.29, 1.82) is 0 Å². The first-order chi connectivity index (χ1) is 9.22. The molecular formula is C15H29N3O. The largest absolute Gasteiger partial charge is 0.490 e. The summed E-state index contributed by atoms with van der Waals surface area (Å²) in [6, 6.07) is 0.600. The van der Waals surface area contributed by atoms with E-state index in [9.17, 15) is 0 Å². The summed E-state index contributed by atoms with van der Waals surface area (Å²) in [5.74, 6) is 0.898. The average Bonchev–Trinajstić information content (AvgIpc) is 2.80. The van der Waals surface area contributed by atoms with E-state index in [-0.39, 0.29) is 0 Å². The molecule has 0 fully saturated rings. The standard InChI is InChI=1S/C15H29N3O/c1-4-10-18-13-15(12-17-18)19-11-8-6-5-7-9-16-14(2)3/h12-14,16H,4-11H2,1-3H3. The van der Waals surface area contributed by atoms with E-state index in [1.54, 1.807) is 0 Å². The van der Waals surface area contributed by atoms with Gasteiger partial charge in [0.05, 0.1) is 19.0 Å². The lowest BCUT2D eigenvalue weighted by atomic mass is 10.2. The summed E-state index contributed by atoms with van der Waals surface area (Å²) < 4.78 is 7.62. The summed E-state index contributed by atoms with van der Waals surface area (Å²) in [6.45, 7) is 9.42. The van der Waals surface area contributed by atoms with Crippen LogP contribution in [0.1, 0.15) is 52.9 Å². The van der Waals surface area contributed by atoms with Crippen molar-refractivity contribution >= 4 is 0 Å². The zero-order chi connectivity index (χ0) is 13.9. The number of nitrogens with one attached hydrogen (secondary N) is 1. The lowest BCUT2D eigenvalue weighted by Gasteiger charge is -2.07. The summed E-state index contributed by atoms with van der Waals surface area (Å²) in [6.07, 6.45) is 9.79. The van der Waals surface area contributed by atoms with Crippen LogP contribution in [-0.4, -0.2) is 29.0 Å². The van der Waals surface area contributed by atoms with Gasteiger partial charge in [0, 0.05) is 12.6 Å². The molecule has 0 amide bonds. The molecule has 1 heterocycles. The fourth-order valence-electron chi connectivity index (χ4n) is 1.93. The molecule has 1 N–H and O–H groups in total. The van der Waals surface area contributed by atoms with Crippen LogP contribution in [0.25, 0.3) is 0 Å². The molecule has 0 saturated carbocycles. The van der Waals surface area contributed by atoms with Crippen molar-refractivity contribution in [1.82, 2.24) is 15.1 Å². The monoisotopic (exact) mass is 267 g/mol. The summed E-state index contributed by atoms with van der Waals surface area (Å²) in [5, 5.41) is 7.68. The maximum Gasteiger partial charge on any atom is 0.157 e. The molecule has 19 heavy (non-hydrogen) atoms. The van der Waals surface area contributed by atoms with Crippen LogP contribution >= 0.6 is 0 Å². The number of rotatable bonds is 11. The minimum atomic E-state index is 0.600. The molecule has 0 aliphatic heterocycles. The van der Waals surface area contributed by atoms with Gasteiger partial charge < -0.3 is 10.1 Å². The first-order valence-electron chi connectivity index (χ1n) is 7.61. The van der Waals surface area contributed by atoms with Crippen molar-refractivity contribution in [3.05, 3.63) is 12.4 Å². The van der Waals surface area contributed by atoms with Gasteiger partial charge >= 0.3 is 0 Å². The second kappa shape index (κ2) is 9.84. The maximum atomic E-state index is 5.68. The van der Waals surface area contributed by atoms with Crippen molar-refractivity contribution in [3.63, 3.8) is 0 Å². The molecule has 0 spiro atoms. The zero-order valence-electron chi connectivity index (χ0n) is 12.7. The molecule has 110 valence electrons. The summed E-state index contributed by atoms with van der Waals surface area (Å²) >= 11 is 0. The van der Waals surface area contributed by atoms with Gasteiger partial charge in [-0.25, -0.2) is 0 Å². The van der Waals surface area contributed by atoms with E-state index in [4.69, 9.17) is 4.74 Å². The van der Waals surface area contributed by atoms with Gasteiger partial charge in [-0.05, 0) is 25.8 Å². The normalized spacial score (nSPS) is 11.2. The highest BCUT2D eigenvalue weighted by atomic mass is 16.5. The quantitative estimate of drug-likeness (QED) is 0.626. The molecule has 0 bridgehead atoms. The molecule has 0 aromatic carbocycles. The van der Waals surface area contributed by atoms with Gasteiger partial charge in [0.15, 0.2) is 5.75 Å². The molecule has 1 aromatic heterocycles. The summed E-state index contributed by atoms with van der Waals surface area (Å²) in [7, 11) is 0. The third-order valence-corrected chi connectivity index (χ3v) is 2.95. The van der Waals surface area contributed by atoms with Crippen molar-refractivity contribution in [2.75, 3.05) is 13.2 Å². The van der Waals surface area contributed by atoms with Crippen LogP contribution in [0, 0.1) is 0 Å². The molecule has 0 radical (unpaired) electrons. The number of hydrogen-bond acceptors (Lipinski definition) is 3. The molecule has 1 aromatic rings. The zero-order valence-corrected chi connectivity index (χ0v) is 12.7.